The zero-order chi connectivity index (χ0) is 12.5. The first kappa shape index (κ1) is 12.7. The van der Waals surface area contributed by atoms with Gasteiger partial charge in [0.05, 0.1) is 6.04 Å². The smallest absolute Gasteiger partial charge is 0.246 e. The maximum Gasteiger partial charge on any atom is 0.246 e. The summed E-state index contributed by atoms with van der Waals surface area (Å²) in [4.78, 5) is 25.9. The molecule has 2 aliphatic heterocycles. The Hall–Kier alpha value is -0.750. The molecule has 6 heteroatoms. The van der Waals surface area contributed by atoms with Crippen LogP contribution in [0.4, 0.5) is 0 Å². The monoisotopic (exact) mass is 257 g/mol. The van der Waals surface area contributed by atoms with E-state index in [0.717, 1.165) is 19.3 Å². The zero-order valence-electron chi connectivity index (χ0n) is 9.82. The number of carbonyl (C=O) groups excluding carboxylic acids is 2. The van der Waals surface area contributed by atoms with Crippen LogP contribution in [0.3, 0.4) is 0 Å². The standard InChI is InChI=1S/C11H19N3O2S/c12-8(7-17)9(15)14-6-2-1-3-11(14)4-5-13-10(11)16/h8,17H,1-7,12H2,(H,13,16)/t8-,11?/m0/s1. The molecule has 0 aromatic rings. The Labute approximate surface area is 107 Å². The van der Waals surface area contributed by atoms with Crippen LogP contribution in [0.15, 0.2) is 0 Å². The Bertz CT molecular complexity index is 337. The molecule has 2 fully saturated rings. The fourth-order valence-corrected chi connectivity index (χ4v) is 2.95. The van der Waals surface area contributed by atoms with Crippen LogP contribution >= 0.6 is 12.6 Å². The number of hydrogen-bond acceptors (Lipinski definition) is 4. The van der Waals surface area contributed by atoms with Crippen molar-refractivity contribution < 1.29 is 9.59 Å². The van der Waals surface area contributed by atoms with Crippen LogP contribution in [0.25, 0.3) is 0 Å². The average molecular weight is 257 g/mol. The normalized spacial score (nSPS) is 30.5. The molecule has 2 heterocycles. The molecule has 0 bridgehead atoms. The lowest BCUT2D eigenvalue weighted by Crippen LogP contribution is -2.62. The molecule has 2 amide bonds. The number of nitrogens with two attached hydrogens (primary N) is 1. The summed E-state index contributed by atoms with van der Waals surface area (Å²) >= 11 is 4.05. The third-order valence-electron chi connectivity index (χ3n) is 3.77. The lowest BCUT2D eigenvalue weighted by atomic mass is 9.84. The molecule has 2 rings (SSSR count). The van der Waals surface area contributed by atoms with E-state index in [2.05, 4.69) is 17.9 Å². The van der Waals surface area contributed by atoms with Crippen molar-refractivity contribution in [2.75, 3.05) is 18.8 Å². The molecule has 1 spiro atoms. The van der Waals surface area contributed by atoms with Gasteiger partial charge in [0.1, 0.15) is 5.54 Å². The molecule has 2 saturated heterocycles. The van der Waals surface area contributed by atoms with E-state index in [1.165, 1.54) is 0 Å². The highest BCUT2D eigenvalue weighted by Gasteiger charge is 2.50. The summed E-state index contributed by atoms with van der Waals surface area (Å²) in [6.45, 7) is 1.28. The van der Waals surface area contributed by atoms with Gasteiger partial charge in [-0.1, -0.05) is 0 Å². The lowest BCUT2D eigenvalue weighted by Gasteiger charge is -2.43. The van der Waals surface area contributed by atoms with Crippen LogP contribution in [0.2, 0.25) is 0 Å². The van der Waals surface area contributed by atoms with E-state index in [4.69, 9.17) is 5.73 Å². The van der Waals surface area contributed by atoms with E-state index >= 15 is 0 Å². The van der Waals surface area contributed by atoms with Crippen LogP contribution in [0.5, 0.6) is 0 Å². The second-order valence-corrected chi connectivity index (χ2v) is 5.14. The third-order valence-corrected chi connectivity index (χ3v) is 4.16. The van der Waals surface area contributed by atoms with Crippen molar-refractivity contribution in [3.05, 3.63) is 0 Å². The summed E-state index contributed by atoms with van der Waals surface area (Å²) in [6.07, 6.45) is 3.40. The second kappa shape index (κ2) is 4.86. The number of nitrogens with zero attached hydrogens (tertiary/aromatic N) is 1. The minimum atomic E-state index is -0.629. The first-order chi connectivity index (χ1) is 8.12. The summed E-state index contributed by atoms with van der Waals surface area (Å²) in [5.74, 6) is 0.154. The van der Waals surface area contributed by atoms with Gasteiger partial charge in [0.2, 0.25) is 11.8 Å². The Morgan fingerprint density at radius 3 is 2.88 bits per heavy atom. The summed E-state index contributed by atoms with van der Waals surface area (Å²) in [5.41, 5.74) is 5.12. The van der Waals surface area contributed by atoms with Gasteiger partial charge in [0.25, 0.3) is 0 Å². The zero-order valence-corrected chi connectivity index (χ0v) is 10.7. The highest BCUT2D eigenvalue weighted by Crippen LogP contribution is 2.34. The molecule has 2 aliphatic rings. The molecule has 0 aliphatic carbocycles. The Morgan fingerprint density at radius 1 is 1.53 bits per heavy atom. The topological polar surface area (TPSA) is 75.4 Å². The van der Waals surface area contributed by atoms with E-state index in [9.17, 15) is 9.59 Å². The molecule has 1 unspecified atom stereocenters. The van der Waals surface area contributed by atoms with Crippen molar-refractivity contribution in [2.45, 2.75) is 37.3 Å². The predicted molar refractivity (Wildman–Crippen MR) is 67.8 cm³/mol. The summed E-state index contributed by atoms with van der Waals surface area (Å²) in [7, 11) is 0. The molecular weight excluding hydrogens is 238 g/mol. The van der Waals surface area contributed by atoms with Crippen LogP contribution < -0.4 is 11.1 Å². The van der Waals surface area contributed by atoms with Crippen LogP contribution in [-0.4, -0.2) is 47.1 Å². The largest absolute Gasteiger partial charge is 0.354 e. The highest BCUT2D eigenvalue weighted by molar-refractivity contribution is 7.80. The number of hydrogen-bond donors (Lipinski definition) is 3. The summed E-state index contributed by atoms with van der Waals surface area (Å²) in [6, 6.07) is -0.610. The molecule has 3 N–H and O–H groups in total. The maximum absolute atomic E-state index is 12.2. The summed E-state index contributed by atoms with van der Waals surface area (Å²) in [5, 5.41) is 2.83. The molecule has 0 saturated carbocycles. The van der Waals surface area contributed by atoms with Crippen molar-refractivity contribution in [3.8, 4) is 0 Å². The van der Waals surface area contributed by atoms with Gasteiger partial charge in [-0.3, -0.25) is 9.59 Å². The SMILES string of the molecule is N[C@@H](CS)C(=O)N1CCCCC12CCNC2=O. The molecule has 0 radical (unpaired) electrons. The molecule has 17 heavy (non-hydrogen) atoms. The number of nitrogens with one attached hydrogen (secondary N) is 1. The lowest BCUT2D eigenvalue weighted by molar-refractivity contribution is -0.149. The first-order valence-corrected chi connectivity index (χ1v) is 6.71. The van der Waals surface area contributed by atoms with Gasteiger partial charge >= 0.3 is 0 Å². The van der Waals surface area contributed by atoms with E-state index in [1.807, 2.05) is 0 Å². The Kier molecular flexibility index (Phi) is 3.63. The molecule has 5 nitrogen and oxygen atoms in total. The number of thiol groups is 1. The maximum atomic E-state index is 12.2. The van der Waals surface area contributed by atoms with E-state index in [1.54, 1.807) is 4.90 Å². The van der Waals surface area contributed by atoms with E-state index in [0.29, 0.717) is 25.3 Å². The van der Waals surface area contributed by atoms with Crippen molar-refractivity contribution in [1.29, 1.82) is 0 Å². The first-order valence-electron chi connectivity index (χ1n) is 6.08. The third kappa shape index (κ3) is 2.04. The van der Waals surface area contributed by atoms with Crippen LogP contribution in [0, 0.1) is 0 Å². The number of amides is 2. The minimum absolute atomic E-state index is 0.0167. The quantitative estimate of drug-likeness (QED) is 0.585. The van der Waals surface area contributed by atoms with Crippen molar-refractivity contribution >= 4 is 24.4 Å². The van der Waals surface area contributed by atoms with Crippen molar-refractivity contribution in [1.82, 2.24) is 10.2 Å². The molecule has 0 aromatic heterocycles. The van der Waals surface area contributed by atoms with Gasteiger partial charge in [-0.15, -0.1) is 0 Å². The van der Waals surface area contributed by atoms with Crippen LogP contribution in [-0.2, 0) is 9.59 Å². The van der Waals surface area contributed by atoms with Gasteiger partial charge in [-0.05, 0) is 25.7 Å². The number of carbonyl (C=O) groups is 2. The highest BCUT2D eigenvalue weighted by atomic mass is 32.1. The Morgan fingerprint density at radius 2 is 2.29 bits per heavy atom. The molecule has 96 valence electrons. The number of piperidine rings is 1. The van der Waals surface area contributed by atoms with Crippen molar-refractivity contribution in [3.63, 3.8) is 0 Å². The van der Waals surface area contributed by atoms with Crippen LogP contribution in [0.1, 0.15) is 25.7 Å². The van der Waals surface area contributed by atoms with Gasteiger partial charge in [0, 0.05) is 18.8 Å². The predicted octanol–water partition coefficient (Wildman–Crippen LogP) is -0.485. The molecule has 2 atom stereocenters. The molecular formula is C11H19N3O2S. The Balaban J connectivity index is 2.23. The fourth-order valence-electron chi connectivity index (χ4n) is 2.79. The number of likely N-dealkylation sites (tertiary alicyclic amines) is 1. The van der Waals surface area contributed by atoms with Gasteiger partial charge < -0.3 is 16.0 Å². The van der Waals surface area contributed by atoms with Gasteiger partial charge in [-0.2, -0.15) is 12.6 Å². The second-order valence-electron chi connectivity index (χ2n) is 4.77. The van der Waals surface area contributed by atoms with Crippen molar-refractivity contribution in [2.24, 2.45) is 5.73 Å². The average Bonchev–Trinajstić information content (AvgIpc) is 2.70. The fraction of sp³-hybridized carbons (Fsp3) is 0.818. The van der Waals surface area contributed by atoms with E-state index < -0.39 is 11.6 Å². The number of rotatable bonds is 2. The van der Waals surface area contributed by atoms with Gasteiger partial charge in [0.15, 0.2) is 0 Å². The van der Waals surface area contributed by atoms with E-state index in [-0.39, 0.29) is 11.8 Å². The minimum Gasteiger partial charge on any atom is -0.354 e. The van der Waals surface area contributed by atoms with Gasteiger partial charge in [-0.25, -0.2) is 0 Å². The molecule has 0 aromatic carbocycles. The summed E-state index contributed by atoms with van der Waals surface area (Å²) < 4.78 is 0.